The summed E-state index contributed by atoms with van der Waals surface area (Å²) in [6.07, 6.45) is 0. The van der Waals surface area contributed by atoms with E-state index in [4.69, 9.17) is 4.74 Å². The first kappa shape index (κ1) is 19.9. The molecule has 6 nitrogen and oxygen atoms in total. The van der Waals surface area contributed by atoms with Crippen LogP contribution in [0.2, 0.25) is 0 Å². The van der Waals surface area contributed by atoms with Gasteiger partial charge in [-0.2, -0.15) is 0 Å². The Morgan fingerprint density at radius 1 is 0.964 bits per heavy atom. The molecule has 28 heavy (non-hydrogen) atoms. The Labute approximate surface area is 166 Å². The highest BCUT2D eigenvalue weighted by Gasteiger charge is 2.22. The van der Waals surface area contributed by atoms with Gasteiger partial charge in [-0.1, -0.05) is 42.5 Å². The van der Waals surface area contributed by atoms with E-state index in [1.165, 1.54) is 0 Å². The zero-order valence-electron chi connectivity index (χ0n) is 16.4. The lowest BCUT2D eigenvalue weighted by Crippen LogP contribution is -2.50. The lowest BCUT2D eigenvalue weighted by Gasteiger charge is -2.34. The van der Waals surface area contributed by atoms with Crippen LogP contribution in [0.4, 0.5) is 0 Å². The van der Waals surface area contributed by atoms with Crippen molar-refractivity contribution in [2.75, 3.05) is 39.8 Å². The van der Waals surface area contributed by atoms with Crippen molar-refractivity contribution in [1.29, 1.82) is 0 Å². The highest BCUT2D eigenvalue weighted by Crippen LogP contribution is 2.24. The van der Waals surface area contributed by atoms with Gasteiger partial charge in [-0.05, 0) is 23.3 Å². The molecule has 0 bridgehead atoms. The topological polar surface area (TPSA) is 61.9 Å². The van der Waals surface area contributed by atoms with Gasteiger partial charge in [-0.15, -0.1) is 0 Å². The van der Waals surface area contributed by atoms with Crippen molar-refractivity contribution in [1.82, 2.24) is 15.1 Å². The smallest absolute Gasteiger partial charge is 0.234 e. The van der Waals surface area contributed by atoms with Gasteiger partial charge in [-0.25, -0.2) is 0 Å². The number of piperazine rings is 1. The fraction of sp³-hybridized carbons (Fsp3) is 0.364. The number of ether oxygens (including phenoxy) is 1. The van der Waals surface area contributed by atoms with Crippen LogP contribution in [0.5, 0.6) is 5.75 Å². The Kier molecular flexibility index (Phi) is 6.66. The van der Waals surface area contributed by atoms with E-state index >= 15 is 0 Å². The largest absolute Gasteiger partial charge is 0.497 e. The first-order valence-corrected chi connectivity index (χ1v) is 9.53. The highest BCUT2D eigenvalue weighted by atomic mass is 16.5. The third kappa shape index (κ3) is 5.10. The molecule has 0 radical (unpaired) electrons. The van der Waals surface area contributed by atoms with Crippen LogP contribution < -0.4 is 10.1 Å². The molecule has 0 aromatic heterocycles. The third-order valence-electron chi connectivity index (χ3n) is 5.07. The fourth-order valence-electron chi connectivity index (χ4n) is 3.43. The third-order valence-corrected chi connectivity index (χ3v) is 5.07. The molecule has 1 saturated heterocycles. The molecular weight excluding hydrogens is 354 g/mol. The summed E-state index contributed by atoms with van der Waals surface area (Å²) in [5.74, 6) is 0.846. The predicted octanol–water partition coefficient (Wildman–Crippen LogP) is 2.06. The maximum absolute atomic E-state index is 12.7. The van der Waals surface area contributed by atoms with E-state index in [9.17, 15) is 9.59 Å². The van der Waals surface area contributed by atoms with Crippen LogP contribution in [-0.4, -0.2) is 61.4 Å². The zero-order chi connectivity index (χ0) is 19.9. The maximum Gasteiger partial charge on any atom is 0.234 e. The van der Waals surface area contributed by atoms with Crippen LogP contribution in [-0.2, 0) is 9.59 Å². The van der Waals surface area contributed by atoms with Gasteiger partial charge in [0.05, 0.1) is 19.7 Å². The van der Waals surface area contributed by atoms with E-state index < -0.39 is 0 Å². The number of carbonyl (C=O) groups is 2. The number of hydrogen-bond acceptors (Lipinski definition) is 4. The standard InChI is InChI=1S/C22H27N3O3/c1-17(26)25-14-12-24(13-15-25)16-21(27)23-22(18-6-4-3-5-7-18)19-8-10-20(28-2)11-9-19/h3-11,22H,12-16H2,1-2H3,(H,23,27)/t22-/m1/s1. The summed E-state index contributed by atoms with van der Waals surface area (Å²) < 4.78 is 5.24. The van der Waals surface area contributed by atoms with Crippen molar-refractivity contribution in [3.8, 4) is 5.75 Å². The van der Waals surface area contributed by atoms with Crippen LogP contribution in [0.3, 0.4) is 0 Å². The summed E-state index contributed by atoms with van der Waals surface area (Å²) in [5, 5.41) is 3.17. The second-order valence-electron chi connectivity index (χ2n) is 6.97. The summed E-state index contributed by atoms with van der Waals surface area (Å²) in [5.41, 5.74) is 2.03. The van der Waals surface area contributed by atoms with E-state index in [0.29, 0.717) is 32.7 Å². The molecule has 0 spiro atoms. The molecule has 1 fully saturated rings. The fourth-order valence-corrected chi connectivity index (χ4v) is 3.43. The first-order valence-electron chi connectivity index (χ1n) is 9.53. The number of rotatable bonds is 6. The van der Waals surface area contributed by atoms with E-state index in [-0.39, 0.29) is 17.9 Å². The molecule has 0 saturated carbocycles. The second kappa shape index (κ2) is 9.37. The molecule has 1 N–H and O–H groups in total. The molecule has 2 amide bonds. The van der Waals surface area contributed by atoms with E-state index in [0.717, 1.165) is 16.9 Å². The lowest BCUT2D eigenvalue weighted by atomic mass is 9.98. The van der Waals surface area contributed by atoms with Gasteiger partial charge in [0.2, 0.25) is 11.8 Å². The SMILES string of the molecule is COc1ccc([C@H](NC(=O)CN2CCN(C(C)=O)CC2)c2ccccc2)cc1. The van der Waals surface area contributed by atoms with Crippen LogP contribution in [0.1, 0.15) is 24.1 Å². The van der Waals surface area contributed by atoms with Crippen molar-refractivity contribution in [3.63, 3.8) is 0 Å². The average molecular weight is 381 g/mol. The molecule has 2 aromatic carbocycles. The van der Waals surface area contributed by atoms with Gasteiger partial charge < -0.3 is 15.0 Å². The molecule has 1 aliphatic heterocycles. The van der Waals surface area contributed by atoms with Crippen LogP contribution in [0, 0.1) is 0 Å². The lowest BCUT2D eigenvalue weighted by molar-refractivity contribution is -0.131. The predicted molar refractivity (Wildman–Crippen MR) is 108 cm³/mol. The summed E-state index contributed by atoms with van der Waals surface area (Å²) in [4.78, 5) is 28.1. The maximum atomic E-state index is 12.7. The Morgan fingerprint density at radius 2 is 1.57 bits per heavy atom. The molecule has 6 heteroatoms. The number of carbonyl (C=O) groups excluding carboxylic acids is 2. The van der Waals surface area contributed by atoms with Gasteiger partial charge in [-0.3, -0.25) is 14.5 Å². The van der Waals surface area contributed by atoms with Crippen LogP contribution in [0.15, 0.2) is 54.6 Å². The van der Waals surface area contributed by atoms with Crippen LogP contribution in [0.25, 0.3) is 0 Å². The van der Waals surface area contributed by atoms with Gasteiger partial charge in [0.25, 0.3) is 0 Å². The van der Waals surface area contributed by atoms with Crippen molar-refractivity contribution in [3.05, 3.63) is 65.7 Å². The summed E-state index contributed by atoms with van der Waals surface area (Å²) in [6.45, 7) is 4.68. The molecule has 0 unspecified atom stereocenters. The normalized spacial score (nSPS) is 15.7. The van der Waals surface area contributed by atoms with Gasteiger partial charge in [0.1, 0.15) is 5.75 Å². The summed E-state index contributed by atoms with van der Waals surface area (Å²) in [6, 6.07) is 17.5. The number of methoxy groups -OCH3 is 1. The minimum Gasteiger partial charge on any atom is -0.497 e. The molecule has 1 aliphatic rings. The van der Waals surface area contributed by atoms with E-state index in [1.54, 1.807) is 14.0 Å². The Hall–Kier alpha value is -2.86. The molecule has 148 valence electrons. The van der Waals surface area contributed by atoms with Crippen molar-refractivity contribution in [2.24, 2.45) is 0 Å². The van der Waals surface area contributed by atoms with Crippen LogP contribution >= 0.6 is 0 Å². The first-order chi connectivity index (χ1) is 13.6. The average Bonchev–Trinajstić information content (AvgIpc) is 2.73. The molecule has 1 atom stereocenters. The molecule has 1 heterocycles. The molecule has 3 rings (SSSR count). The summed E-state index contributed by atoms with van der Waals surface area (Å²) >= 11 is 0. The summed E-state index contributed by atoms with van der Waals surface area (Å²) in [7, 11) is 1.64. The van der Waals surface area contributed by atoms with Crippen molar-refractivity contribution in [2.45, 2.75) is 13.0 Å². The highest BCUT2D eigenvalue weighted by molar-refractivity contribution is 5.79. The Morgan fingerprint density at radius 3 is 2.14 bits per heavy atom. The van der Waals surface area contributed by atoms with Gasteiger partial charge in [0.15, 0.2) is 0 Å². The number of nitrogens with zero attached hydrogens (tertiary/aromatic N) is 2. The number of hydrogen-bond donors (Lipinski definition) is 1. The zero-order valence-corrected chi connectivity index (χ0v) is 16.4. The molecule has 0 aliphatic carbocycles. The quantitative estimate of drug-likeness (QED) is 0.832. The Bertz CT molecular complexity index is 784. The van der Waals surface area contributed by atoms with E-state index in [1.807, 2.05) is 59.5 Å². The number of amides is 2. The minimum atomic E-state index is -0.224. The monoisotopic (exact) mass is 381 g/mol. The van der Waals surface area contributed by atoms with Crippen molar-refractivity contribution < 1.29 is 14.3 Å². The van der Waals surface area contributed by atoms with Gasteiger partial charge in [0, 0.05) is 33.1 Å². The molecular formula is C22H27N3O3. The minimum absolute atomic E-state index is 0.0269. The van der Waals surface area contributed by atoms with Crippen molar-refractivity contribution >= 4 is 11.8 Å². The van der Waals surface area contributed by atoms with Gasteiger partial charge >= 0.3 is 0 Å². The second-order valence-corrected chi connectivity index (χ2v) is 6.97. The molecule has 2 aromatic rings. The Balaban J connectivity index is 1.67. The van der Waals surface area contributed by atoms with E-state index in [2.05, 4.69) is 10.2 Å². The number of benzene rings is 2. The number of nitrogens with one attached hydrogen (secondary N) is 1.